The van der Waals surface area contributed by atoms with Crippen molar-refractivity contribution < 1.29 is 19.1 Å². The quantitative estimate of drug-likeness (QED) is 0.785. The minimum Gasteiger partial charge on any atom is -0.497 e. The third-order valence-electron chi connectivity index (χ3n) is 6.00. The average molecular weight is 391 g/mol. The van der Waals surface area contributed by atoms with Gasteiger partial charge in [0.15, 0.2) is 0 Å². The van der Waals surface area contributed by atoms with Gasteiger partial charge in [0.05, 0.1) is 31.6 Å². The largest absolute Gasteiger partial charge is 0.497 e. The van der Waals surface area contributed by atoms with Gasteiger partial charge < -0.3 is 19.7 Å². The van der Waals surface area contributed by atoms with E-state index >= 15 is 0 Å². The second-order valence-electron chi connectivity index (χ2n) is 7.60. The molecule has 1 spiro atoms. The van der Waals surface area contributed by atoms with Gasteiger partial charge in [0.25, 0.3) is 0 Å². The van der Waals surface area contributed by atoms with Gasteiger partial charge in [0, 0.05) is 24.6 Å². The molecule has 1 aromatic carbocycles. The first kappa shape index (κ1) is 17.9. The van der Waals surface area contributed by atoms with E-state index in [1.165, 1.54) is 0 Å². The third kappa shape index (κ3) is 2.81. The molecule has 29 heavy (non-hydrogen) atoms. The van der Waals surface area contributed by atoms with Crippen LogP contribution in [0.15, 0.2) is 60.9 Å². The smallest absolute Gasteiger partial charge is 0.234 e. The first-order valence-electron chi connectivity index (χ1n) is 9.60. The molecule has 2 amide bonds. The summed E-state index contributed by atoms with van der Waals surface area (Å²) in [6, 6.07) is 11.0. The van der Waals surface area contributed by atoms with E-state index in [0.29, 0.717) is 13.1 Å². The van der Waals surface area contributed by atoms with Crippen molar-refractivity contribution in [2.24, 2.45) is 11.8 Å². The van der Waals surface area contributed by atoms with Gasteiger partial charge in [-0.25, -0.2) is 0 Å². The highest BCUT2D eigenvalue weighted by Gasteiger charge is 2.67. The van der Waals surface area contributed by atoms with Crippen LogP contribution in [0.2, 0.25) is 0 Å². The molecule has 0 radical (unpaired) electrons. The fourth-order valence-electron chi connectivity index (χ4n) is 4.59. The lowest BCUT2D eigenvalue weighted by Gasteiger charge is -2.23. The van der Waals surface area contributed by atoms with E-state index in [1.807, 2.05) is 48.6 Å². The molecule has 1 unspecified atom stereocenters. The summed E-state index contributed by atoms with van der Waals surface area (Å²) in [6.07, 6.45) is 6.88. The number of methoxy groups -OCH3 is 1. The molecule has 5 rings (SSSR count). The lowest BCUT2D eigenvalue weighted by atomic mass is 9.77. The van der Waals surface area contributed by atoms with Crippen molar-refractivity contribution in [1.82, 2.24) is 10.3 Å². The normalized spacial score (nSPS) is 29.2. The van der Waals surface area contributed by atoms with Crippen LogP contribution in [0, 0.1) is 11.8 Å². The molecule has 2 bridgehead atoms. The molecule has 0 saturated carbocycles. The van der Waals surface area contributed by atoms with Crippen LogP contribution < -0.4 is 15.0 Å². The van der Waals surface area contributed by atoms with Gasteiger partial charge in [0.2, 0.25) is 11.8 Å². The van der Waals surface area contributed by atoms with Crippen molar-refractivity contribution >= 4 is 17.5 Å². The Morgan fingerprint density at radius 2 is 2.03 bits per heavy atom. The Morgan fingerprint density at radius 1 is 1.28 bits per heavy atom. The predicted molar refractivity (Wildman–Crippen MR) is 105 cm³/mol. The van der Waals surface area contributed by atoms with Gasteiger partial charge in [-0.3, -0.25) is 14.6 Å². The summed E-state index contributed by atoms with van der Waals surface area (Å²) in [6.45, 7) is 0.800. The summed E-state index contributed by atoms with van der Waals surface area (Å²) in [5.41, 5.74) is 0.997. The molecule has 3 aliphatic rings. The molecule has 7 nitrogen and oxygen atoms in total. The molecular formula is C22H21N3O4. The second-order valence-corrected chi connectivity index (χ2v) is 7.60. The number of anilines is 1. The molecular weight excluding hydrogens is 370 g/mol. The Labute approximate surface area is 168 Å². The van der Waals surface area contributed by atoms with E-state index in [-0.39, 0.29) is 17.9 Å². The molecule has 7 heteroatoms. The maximum atomic E-state index is 13.3. The Kier molecular flexibility index (Phi) is 4.13. The number of benzene rings is 1. The lowest BCUT2D eigenvalue weighted by Crippen LogP contribution is -2.43. The van der Waals surface area contributed by atoms with E-state index in [1.54, 1.807) is 24.4 Å². The van der Waals surface area contributed by atoms with E-state index in [2.05, 4.69) is 10.3 Å². The number of hydrogen-bond acceptors (Lipinski definition) is 5. The van der Waals surface area contributed by atoms with Gasteiger partial charge in [0.1, 0.15) is 11.4 Å². The van der Waals surface area contributed by atoms with Crippen molar-refractivity contribution in [2.45, 2.75) is 18.2 Å². The number of nitrogens with zero attached hydrogens (tertiary/aromatic N) is 2. The zero-order chi connectivity index (χ0) is 20.0. The summed E-state index contributed by atoms with van der Waals surface area (Å²) in [4.78, 5) is 32.0. The number of carbonyl (C=O) groups excluding carboxylic acids is 2. The fraction of sp³-hybridized carbons (Fsp3) is 0.318. The molecule has 1 N–H and O–H groups in total. The summed E-state index contributed by atoms with van der Waals surface area (Å²) in [7, 11) is 1.60. The number of amides is 2. The Bertz CT molecular complexity index is 975. The number of pyridine rings is 1. The third-order valence-corrected chi connectivity index (χ3v) is 6.00. The molecule has 0 aliphatic carbocycles. The minimum atomic E-state index is -0.736. The molecule has 2 saturated heterocycles. The van der Waals surface area contributed by atoms with Crippen LogP contribution >= 0.6 is 0 Å². The van der Waals surface area contributed by atoms with Crippen LogP contribution in [0.25, 0.3) is 0 Å². The summed E-state index contributed by atoms with van der Waals surface area (Å²) < 4.78 is 11.4. The molecule has 4 atom stereocenters. The monoisotopic (exact) mass is 391 g/mol. The predicted octanol–water partition coefficient (Wildman–Crippen LogP) is 1.69. The van der Waals surface area contributed by atoms with Crippen LogP contribution in [-0.4, -0.2) is 42.2 Å². The zero-order valence-corrected chi connectivity index (χ0v) is 15.9. The standard InChI is InChI=1S/C22H21N3O4/c1-28-16-4-2-15(3-5-16)25-13-22-9-6-17(29-22)18(19(22)21(25)27)20(26)24-12-14-7-10-23-11-8-14/h2-11,17-19H,12-13H2,1H3,(H,24,26)/t17-,18?,19+,22-/m1/s1. The van der Waals surface area contributed by atoms with Crippen LogP contribution in [0.5, 0.6) is 5.75 Å². The van der Waals surface area contributed by atoms with Crippen LogP contribution in [0.4, 0.5) is 5.69 Å². The van der Waals surface area contributed by atoms with Gasteiger partial charge in [-0.05, 0) is 42.0 Å². The molecule has 2 aromatic rings. The Balaban J connectivity index is 1.37. The molecule has 148 valence electrons. The summed E-state index contributed by atoms with van der Waals surface area (Å²) in [5.74, 6) is -0.558. The van der Waals surface area contributed by atoms with E-state index in [0.717, 1.165) is 17.0 Å². The molecule has 2 fully saturated rings. The van der Waals surface area contributed by atoms with E-state index in [9.17, 15) is 9.59 Å². The SMILES string of the molecule is COc1ccc(N2C[C@@]34C=C[C@@H](O3)C(C(=O)NCc3ccncc3)[C@H]4C2=O)cc1. The lowest BCUT2D eigenvalue weighted by molar-refractivity contribution is -0.132. The first-order chi connectivity index (χ1) is 14.1. The van der Waals surface area contributed by atoms with Crippen LogP contribution in [0.1, 0.15) is 5.56 Å². The van der Waals surface area contributed by atoms with Crippen molar-refractivity contribution in [2.75, 3.05) is 18.6 Å². The second kappa shape index (κ2) is 6.70. The number of rotatable bonds is 5. The van der Waals surface area contributed by atoms with Crippen LogP contribution in [-0.2, 0) is 20.9 Å². The number of aromatic nitrogens is 1. The summed E-state index contributed by atoms with van der Waals surface area (Å²) >= 11 is 0. The van der Waals surface area contributed by atoms with Crippen LogP contribution in [0.3, 0.4) is 0 Å². The molecule has 1 aromatic heterocycles. The highest BCUT2D eigenvalue weighted by atomic mass is 16.5. The maximum absolute atomic E-state index is 13.3. The summed E-state index contributed by atoms with van der Waals surface area (Å²) in [5, 5.41) is 2.96. The van der Waals surface area contributed by atoms with Crippen molar-refractivity contribution in [1.29, 1.82) is 0 Å². The molecule has 4 heterocycles. The van der Waals surface area contributed by atoms with Crippen molar-refractivity contribution in [3.63, 3.8) is 0 Å². The number of fused-ring (bicyclic) bond motifs is 1. The number of nitrogens with one attached hydrogen (secondary N) is 1. The first-order valence-corrected chi connectivity index (χ1v) is 9.60. The van der Waals surface area contributed by atoms with Gasteiger partial charge in [-0.2, -0.15) is 0 Å². The van der Waals surface area contributed by atoms with Gasteiger partial charge in [-0.1, -0.05) is 12.2 Å². The number of carbonyl (C=O) groups is 2. The van der Waals surface area contributed by atoms with Crippen molar-refractivity contribution in [3.05, 3.63) is 66.5 Å². The van der Waals surface area contributed by atoms with Gasteiger partial charge in [-0.15, -0.1) is 0 Å². The average Bonchev–Trinajstić information content (AvgIpc) is 3.41. The highest BCUT2D eigenvalue weighted by Crippen LogP contribution is 2.52. The van der Waals surface area contributed by atoms with Crippen molar-refractivity contribution in [3.8, 4) is 5.75 Å². The van der Waals surface area contributed by atoms with E-state index in [4.69, 9.17) is 9.47 Å². The Morgan fingerprint density at radius 3 is 2.76 bits per heavy atom. The van der Waals surface area contributed by atoms with Gasteiger partial charge >= 0.3 is 0 Å². The minimum absolute atomic E-state index is 0.0777. The fourth-order valence-corrected chi connectivity index (χ4v) is 4.59. The maximum Gasteiger partial charge on any atom is 0.234 e. The number of ether oxygens (including phenoxy) is 2. The zero-order valence-electron chi connectivity index (χ0n) is 15.9. The number of hydrogen-bond donors (Lipinski definition) is 1. The Hall–Kier alpha value is -3.19. The highest BCUT2D eigenvalue weighted by molar-refractivity contribution is 6.03. The van der Waals surface area contributed by atoms with E-state index < -0.39 is 17.4 Å². The topological polar surface area (TPSA) is 80.8 Å². The molecule has 3 aliphatic heterocycles.